The molecular formula is C24H26N6O4. The second-order valence-corrected chi connectivity index (χ2v) is 7.90. The number of nitro benzene ring substituents is 1. The molecule has 2 heterocycles. The third-order valence-corrected chi connectivity index (χ3v) is 5.58. The molecular weight excluding hydrogens is 436 g/mol. The van der Waals surface area contributed by atoms with Crippen molar-refractivity contribution < 1.29 is 14.5 Å². The van der Waals surface area contributed by atoms with Crippen LogP contribution in [0.1, 0.15) is 5.56 Å². The van der Waals surface area contributed by atoms with Gasteiger partial charge in [-0.15, -0.1) is 0 Å². The maximum Gasteiger partial charge on any atom is 0.323 e. The summed E-state index contributed by atoms with van der Waals surface area (Å²) in [6.07, 6.45) is 1.64. The van der Waals surface area contributed by atoms with Crippen LogP contribution in [0.2, 0.25) is 0 Å². The van der Waals surface area contributed by atoms with Crippen LogP contribution >= 0.6 is 0 Å². The number of rotatable bonds is 7. The lowest BCUT2D eigenvalue weighted by Crippen LogP contribution is -2.46. The van der Waals surface area contributed by atoms with Crippen molar-refractivity contribution in [3.8, 4) is 5.75 Å². The van der Waals surface area contributed by atoms with Crippen LogP contribution < -0.4 is 20.3 Å². The second kappa shape index (κ2) is 10.6. The highest BCUT2D eigenvalue weighted by molar-refractivity contribution is 5.99. The molecule has 0 saturated carbocycles. The smallest absolute Gasteiger partial charge is 0.323 e. The van der Waals surface area contributed by atoms with Crippen LogP contribution in [0.25, 0.3) is 0 Å². The van der Waals surface area contributed by atoms with Crippen molar-refractivity contribution in [1.82, 2.24) is 9.88 Å². The number of non-ortho nitro benzene ring substituents is 1. The number of methoxy groups -OCH3 is 1. The molecule has 1 saturated heterocycles. The van der Waals surface area contributed by atoms with Crippen molar-refractivity contribution >= 4 is 28.9 Å². The molecule has 3 aromatic rings. The molecule has 1 fully saturated rings. The normalized spacial score (nSPS) is 13.9. The molecule has 2 amide bonds. The number of pyridine rings is 1. The summed E-state index contributed by atoms with van der Waals surface area (Å²) >= 11 is 0. The van der Waals surface area contributed by atoms with Gasteiger partial charge in [-0.2, -0.15) is 0 Å². The maximum absolute atomic E-state index is 12.3. The van der Waals surface area contributed by atoms with Crippen LogP contribution in [0.3, 0.4) is 0 Å². The van der Waals surface area contributed by atoms with E-state index in [0.29, 0.717) is 17.1 Å². The summed E-state index contributed by atoms with van der Waals surface area (Å²) in [5.74, 6) is 1.52. The molecule has 1 aliphatic heterocycles. The number of nitrogens with one attached hydrogen (secondary N) is 2. The first-order chi connectivity index (χ1) is 16.5. The van der Waals surface area contributed by atoms with Gasteiger partial charge >= 0.3 is 6.03 Å². The average Bonchev–Trinajstić information content (AvgIpc) is 2.85. The number of piperazine rings is 1. The summed E-state index contributed by atoms with van der Waals surface area (Å²) in [7, 11) is 1.57. The fraction of sp³-hybridized carbons (Fsp3) is 0.250. The molecule has 1 aromatic heterocycles. The van der Waals surface area contributed by atoms with Crippen LogP contribution in [-0.2, 0) is 6.54 Å². The fourth-order valence-electron chi connectivity index (χ4n) is 3.76. The van der Waals surface area contributed by atoms with Crippen LogP contribution in [-0.4, -0.2) is 54.1 Å². The minimum atomic E-state index is -0.385. The van der Waals surface area contributed by atoms with Gasteiger partial charge in [-0.05, 0) is 29.8 Å². The van der Waals surface area contributed by atoms with Gasteiger partial charge in [-0.25, -0.2) is 9.78 Å². The highest BCUT2D eigenvalue weighted by Gasteiger charge is 2.18. The van der Waals surface area contributed by atoms with Gasteiger partial charge in [-0.1, -0.05) is 18.2 Å². The van der Waals surface area contributed by atoms with E-state index in [0.717, 1.165) is 44.1 Å². The maximum atomic E-state index is 12.3. The lowest BCUT2D eigenvalue weighted by Gasteiger charge is -2.35. The molecule has 0 aliphatic carbocycles. The topological polar surface area (TPSA) is 113 Å². The van der Waals surface area contributed by atoms with Crippen molar-refractivity contribution in [1.29, 1.82) is 0 Å². The Labute approximate surface area is 197 Å². The van der Waals surface area contributed by atoms with E-state index in [9.17, 15) is 14.9 Å². The molecule has 10 heteroatoms. The van der Waals surface area contributed by atoms with Gasteiger partial charge in [-0.3, -0.25) is 15.0 Å². The molecule has 10 nitrogen and oxygen atoms in total. The molecule has 0 unspecified atom stereocenters. The van der Waals surface area contributed by atoms with E-state index in [1.807, 2.05) is 24.3 Å². The van der Waals surface area contributed by atoms with E-state index in [1.165, 1.54) is 0 Å². The summed E-state index contributed by atoms with van der Waals surface area (Å²) in [6.45, 7) is 4.12. The Balaban J connectivity index is 1.25. The minimum absolute atomic E-state index is 0.107. The standard InChI is InChI=1S/C24H26N6O4/c1-34-22-4-2-3-19(15-22)26-24(31)27-20-7-10-23(25-16-20)29-13-11-28(12-14-29)17-18-5-8-21(9-6-18)30(32)33/h2-10,15-16H,11-14,17H2,1H3,(H2,26,27,31). The van der Waals surface area contributed by atoms with E-state index in [2.05, 4.69) is 25.4 Å². The van der Waals surface area contributed by atoms with Crippen LogP contribution in [0.5, 0.6) is 5.75 Å². The molecule has 176 valence electrons. The van der Waals surface area contributed by atoms with Crippen LogP contribution in [0.4, 0.5) is 27.7 Å². The predicted molar refractivity (Wildman–Crippen MR) is 130 cm³/mol. The zero-order valence-corrected chi connectivity index (χ0v) is 18.8. The third-order valence-electron chi connectivity index (χ3n) is 5.58. The third kappa shape index (κ3) is 5.99. The second-order valence-electron chi connectivity index (χ2n) is 7.90. The highest BCUT2D eigenvalue weighted by Crippen LogP contribution is 2.20. The number of hydrogen-bond donors (Lipinski definition) is 2. The Kier molecular flexibility index (Phi) is 7.19. The number of aromatic nitrogens is 1. The van der Waals surface area contributed by atoms with Gasteiger partial charge < -0.3 is 20.3 Å². The lowest BCUT2D eigenvalue weighted by atomic mass is 10.2. The monoisotopic (exact) mass is 462 g/mol. The first-order valence-electron chi connectivity index (χ1n) is 10.9. The number of nitrogens with zero attached hydrogens (tertiary/aromatic N) is 4. The molecule has 1 aliphatic rings. The van der Waals surface area contributed by atoms with Gasteiger partial charge in [0.15, 0.2) is 0 Å². The molecule has 0 radical (unpaired) electrons. The largest absolute Gasteiger partial charge is 0.497 e. The first kappa shape index (κ1) is 23.0. The summed E-state index contributed by atoms with van der Waals surface area (Å²) < 4.78 is 5.16. The summed E-state index contributed by atoms with van der Waals surface area (Å²) in [5.41, 5.74) is 2.39. The van der Waals surface area contributed by atoms with E-state index >= 15 is 0 Å². The zero-order valence-electron chi connectivity index (χ0n) is 18.8. The number of benzene rings is 2. The Bertz CT molecular complexity index is 1130. The van der Waals surface area contributed by atoms with Crippen molar-refractivity contribution in [2.45, 2.75) is 6.54 Å². The molecule has 0 bridgehead atoms. The highest BCUT2D eigenvalue weighted by atomic mass is 16.6. The predicted octanol–water partition coefficient (Wildman–Crippen LogP) is 3.96. The molecule has 4 rings (SSSR count). The number of ether oxygens (including phenoxy) is 1. The van der Waals surface area contributed by atoms with Crippen molar-refractivity contribution in [3.63, 3.8) is 0 Å². The van der Waals surface area contributed by atoms with Gasteiger partial charge in [0.2, 0.25) is 0 Å². The van der Waals surface area contributed by atoms with E-state index in [1.54, 1.807) is 49.7 Å². The molecule has 34 heavy (non-hydrogen) atoms. The lowest BCUT2D eigenvalue weighted by molar-refractivity contribution is -0.384. The summed E-state index contributed by atoms with van der Waals surface area (Å²) in [6, 6.07) is 17.2. The van der Waals surface area contributed by atoms with Crippen molar-refractivity contribution in [3.05, 3.63) is 82.5 Å². The number of urea groups is 1. The zero-order chi connectivity index (χ0) is 23.9. The van der Waals surface area contributed by atoms with Gasteiger partial charge in [0.1, 0.15) is 11.6 Å². The quantitative estimate of drug-likeness (QED) is 0.404. The molecule has 2 aromatic carbocycles. The SMILES string of the molecule is COc1cccc(NC(=O)Nc2ccc(N3CCN(Cc4ccc([N+](=O)[O-])cc4)CC3)nc2)c1. The van der Waals surface area contributed by atoms with Crippen molar-refractivity contribution in [2.24, 2.45) is 0 Å². The minimum Gasteiger partial charge on any atom is -0.497 e. The number of anilines is 3. The average molecular weight is 463 g/mol. The van der Waals surface area contributed by atoms with Gasteiger partial charge in [0, 0.05) is 56.6 Å². The van der Waals surface area contributed by atoms with Gasteiger partial charge in [0.05, 0.1) is 23.9 Å². The molecule has 0 atom stereocenters. The Morgan fingerprint density at radius 1 is 1.03 bits per heavy atom. The summed E-state index contributed by atoms with van der Waals surface area (Å²) in [5, 5.41) is 16.3. The number of carbonyl (C=O) groups is 1. The molecule has 2 N–H and O–H groups in total. The van der Waals surface area contributed by atoms with E-state index in [-0.39, 0.29) is 16.6 Å². The van der Waals surface area contributed by atoms with Crippen LogP contribution in [0, 0.1) is 10.1 Å². The van der Waals surface area contributed by atoms with E-state index < -0.39 is 0 Å². The Hall–Kier alpha value is -4.18. The molecule has 0 spiro atoms. The number of carbonyl (C=O) groups excluding carboxylic acids is 1. The Morgan fingerprint density at radius 3 is 2.41 bits per heavy atom. The van der Waals surface area contributed by atoms with Crippen molar-refractivity contribution in [2.75, 3.05) is 48.8 Å². The number of hydrogen-bond acceptors (Lipinski definition) is 7. The van der Waals surface area contributed by atoms with Crippen LogP contribution in [0.15, 0.2) is 66.9 Å². The number of nitro groups is 1. The van der Waals surface area contributed by atoms with E-state index in [4.69, 9.17) is 4.74 Å². The van der Waals surface area contributed by atoms with Gasteiger partial charge in [0.25, 0.3) is 5.69 Å². The summed E-state index contributed by atoms with van der Waals surface area (Å²) in [4.78, 5) is 31.7. The fourth-order valence-corrected chi connectivity index (χ4v) is 3.76. The Morgan fingerprint density at radius 2 is 1.76 bits per heavy atom. The number of amides is 2. The first-order valence-corrected chi connectivity index (χ1v) is 10.9.